The average Bonchev–Trinajstić information content (AvgIpc) is 2.62. The molecule has 2 atom stereocenters. The van der Waals surface area contributed by atoms with Crippen LogP contribution in [0.25, 0.3) is 0 Å². The van der Waals surface area contributed by atoms with Crippen LogP contribution in [0.4, 0.5) is 0 Å². The maximum absolute atomic E-state index is 4.47. The molecule has 0 bridgehead atoms. The van der Waals surface area contributed by atoms with Crippen LogP contribution < -0.4 is 0 Å². The highest BCUT2D eigenvalue weighted by atomic mass is 14.8. The molecule has 0 aliphatic carbocycles. The zero-order chi connectivity index (χ0) is 9.26. The Labute approximate surface area is 78.8 Å². The Morgan fingerprint density at radius 3 is 1.77 bits per heavy atom. The van der Waals surface area contributed by atoms with E-state index in [1.54, 1.807) is 0 Å². The van der Waals surface area contributed by atoms with Crippen LogP contribution in [0.1, 0.15) is 20.3 Å². The molecule has 0 spiro atoms. The molecule has 0 radical (unpaired) electrons. The number of hydrogen-bond donors (Lipinski definition) is 0. The first kappa shape index (κ1) is 8.42. The SMILES string of the molecule is C[C@@H]1C=CC(CC2=N[C@H](C)C=C2)=N1. The third-order valence-electron chi connectivity index (χ3n) is 2.24. The molecule has 0 amide bonds. The lowest BCUT2D eigenvalue weighted by atomic mass is 10.2. The summed E-state index contributed by atoms with van der Waals surface area (Å²) in [7, 11) is 0. The van der Waals surface area contributed by atoms with Gasteiger partial charge in [0, 0.05) is 17.8 Å². The topological polar surface area (TPSA) is 24.7 Å². The molecule has 0 fully saturated rings. The van der Waals surface area contributed by atoms with Gasteiger partial charge in [0.15, 0.2) is 0 Å². The van der Waals surface area contributed by atoms with Crippen LogP contribution in [0.15, 0.2) is 34.3 Å². The van der Waals surface area contributed by atoms with Crippen molar-refractivity contribution in [2.45, 2.75) is 32.4 Å². The van der Waals surface area contributed by atoms with Crippen LogP contribution in [-0.2, 0) is 0 Å². The Morgan fingerprint density at radius 2 is 1.46 bits per heavy atom. The molecule has 2 nitrogen and oxygen atoms in total. The fourth-order valence-corrected chi connectivity index (χ4v) is 1.59. The summed E-state index contributed by atoms with van der Waals surface area (Å²) in [4.78, 5) is 8.94. The van der Waals surface area contributed by atoms with E-state index in [2.05, 4.69) is 48.1 Å². The van der Waals surface area contributed by atoms with Crippen LogP contribution in [0, 0.1) is 0 Å². The lowest BCUT2D eigenvalue weighted by Crippen LogP contribution is -2.01. The normalized spacial score (nSPS) is 30.9. The van der Waals surface area contributed by atoms with Crippen molar-refractivity contribution >= 4 is 11.4 Å². The van der Waals surface area contributed by atoms with Crippen molar-refractivity contribution in [2.75, 3.05) is 0 Å². The second kappa shape index (κ2) is 3.29. The summed E-state index contributed by atoms with van der Waals surface area (Å²) >= 11 is 0. The molecule has 68 valence electrons. The van der Waals surface area contributed by atoms with E-state index in [1.807, 2.05) is 0 Å². The van der Waals surface area contributed by atoms with Crippen molar-refractivity contribution in [3.8, 4) is 0 Å². The van der Waals surface area contributed by atoms with Gasteiger partial charge < -0.3 is 0 Å². The van der Waals surface area contributed by atoms with Crippen LogP contribution >= 0.6 is 0 Å². The first-order chi connectivity index (χ1) is 6.24. The third kappa shape index (κ3) is 1.94. The Balaban J connectivity index is 2.00. The predicted octanol–water partition coefficient (Wildman–Crippen LogP) is 2.18. The lowest BCUT2D eigenvalue weighted by Gasteiger charge is -1.97. The summed E-state index contributed by atoms with van der Waals surface area (Å²) in [5.41, 5.74) is 2.31. The predicted molar refractivity (Wildman–Crippen MR) is 56.7 cm³/mol. The fraction of sp³-hybridized carbons (Fsp3) is 0.455. The monoisotopic (exact) mass is 174 g/mol. The Kier molecular flexibility index (Phi) is 2.13. The minimum atomic E-state index is 0.360. The van der Waals surface area contributed by atoms with Crippen molar-refractivity contribution < 1.29 is 0 Å². The van der Waals surface area contributed by atoms with Gasteiger partial charge in [0.2, 0.25) is 0 Å². The van der Waals surface area contributed by atoms with Gasteiger partial charge >= 0.3 is 0 Å². The number of nitrogens with zero attached hydrogens (tertiary/aromatic N) is 2. The quantitative estimate of drug-likeness (QED) is 0.613. The first-order valence-corrected chi connectivity index (χ1v) is 4.74. The van der Waals surface area contributed by atoms with Gasteiger partial charge in [-0.15, -0.1) is 0 Å². The summed E-state index contributed by atoms with van der Waals surface area (Å²) in [5, 5.41) is 0. The highest BCUT2D eigenvalue weighted by Crippen LogP contribution is 2.11. The van der Waals surface area contributed by atoms with E-state index in [4.69, 9.17) is 0 Å². The maximum atomic E-state index is 4.47. The van der Waals surface area contributed by atoms with Crippen molar-refractivity contribution in [3.05, 3.63) is 24.3 Å². The van der Waals surface area contributed by atoms with Gasteiger partial charge in [0.1, 0.15) is 0 Å². The molecule has 2 aliphatic rings. The zero-order valence-electron chi connectivity index (χ0n) is 8.07. The van der Waals surface area contributed by atoms with Crippen molar-refractivity contribution in [1.82, 2.24) is 0 Å². The zero-order valence-corrected chi connectivity index (χ0v) is 8.07. The van der Waals surface area contributed by atoms with E-state index in [1.165, 1.54) is 0 Å². The molecule has 0 aromatic carbocycles. The summed E-state index contributed by atoms with van der Waals surface area (Å²) < 4.78 is 0. The molecule has 0 aromatic heterocycles. The Morgan fingerprint density at radius 1 is 1.00 bits per heavy atom. The molecule has 0 unspecified atom stereocenters. The van der Waals surface area contributed by atoms with E-state index in [-0.39, 0.29) is 0 Å². The molecule has 2 aliphatic heterocycles. The molecule has 2 heterocycles. The molecule has 0 N–H and O–H groups in total. The lowest BCUT2D eigenvalue weighted by molar-refractivity contribution is 0.939. The van der Waals surface area contributed by atoms with Crippen LogP contribution in [0.2, 0.25) is 0 Å². The number of hydrogen-bond acceptors (Lipinski definition) is 2. The van der Waals surface area contributed by atoms with Crippen molar-refractivity contribution in [3.63, 3.8) is 0 Å². The van der Waals surface area contributed by atoms with Gasteiger partial charge in [-0.25, -0.2) is 0 Å². The van der Waals surface area contributed by atoms with Crippen molar-refractivity contribution in [1.29, 1.82) is 0 Å². The third-order valence-corrected chi connectivity index (χ3v) is 2.24. The van der Waals surface area contributed by atoms with Crippen molar-refractivity contribution in [2.24, 2.45) is 9.98 Å². The number of aliphatic imine (C=N–C) groups is 2. The minimum absolute atomic E-state index is 0.360. The minimum Gasteiger partial charge on any atom is -0.282 e. The molecular formula is C11H14N2. The molecule has 0 aromatic rings. The smallest absolute Gasteiger partial charge is 0.0658 e. The van der Waals surface area contributed by atoms with E-state index < -0.39 is 0 Å². The molecular weight excluding hydrogens is 160 g/mol. The van der Waals surface area contributed by atoms with Crippen LogP contribution in [0.5, 0.6) is 0 Å². The van der Waals surface area contributed by atoms with Gasteiger partial charge in [0.05, 0.1) is 12.1 Å². The molecule has 2 heteroatoms. The number of rotatable bonds is 2. The molecule has 0 saturated heterocycles. The standard InChI is InChI=1S/C11H14N2/c1-8-3-5-10(12-8)7-11-6-4-9(2)13-11/h3-6,8-9H,7H2,1-2H3/t8-,9-/m1/s1. The largest absolute Gasteiger partial charge is 0.282 e. The fourth-order valence-electron chi connectivity index (χ4n) is 1.59. The van der Waals surface area contributed by atoms with Crippen LogP contribution in [-0.4, -0.2) is 23.5 Å². The van der Waals surface area contributed by atoms with Gasteiger partial charge in [0.25, 0.3) is 0 Å². The van der Waals surface area contributed by atoms with Gasteiger partial charge in [-0.2, -0.15) is 0 Å². The first-order valence-electron chi connectivity index (χ1n) is 4.74. The van der Waals surface area contributed by atoms with Gasteiger partial charge in [-0.3, -0.25) is 9.98 Å². The van der Waals surface area contributed by atoms with E-state index in [9.17, 15) is 0 Å². The van der Waals surface area contributed by atoms with E-state index in [0.717, 1.165) is 17.8 Å². The number of allylic oxidation sites excluding steroid dienone is 2. The van der Waals surface area contributed by atoms with E-state index >= 15 is 0 Å². The summed E-state index contributed by atoms with van der Waals surface area (Å²) in [5.74, 6) is 0. The summed E-state index contributed by atoms with van der Waals surface area (Å²) in [6, 6.07) is 0.719. The second-order valence-electron chi connectivity index (χ2n) is 3.62. The summed E-state index contributed by atoms with van der Waals surface area (Å²) in [6.45, 7) is 4.19. The van der Waals surface area contributed by atoms with Crippen LogP contribution in [0.3, 0.4) is 0 Å². The van der Waals surface area contributed by atoms with Gasteiger partial charge in [-0.05, 0) is 26.0 Å². The highest BCUT2D eigenvalue weighted by Gasteiger charge is 2.11. The Hall–Kier alpha value is -1.18. The van der Waals surface area contributed by atoms with E-state index in [0.29, 0.717) is 12.1 Å². The van der Waals surface area contributed by atoms with Gasteiger partial charge in [-0.1, -0.05) is 12.2 Å². The molecule has 2 rings (SSSR count). The highest BCUT2D eigenvalue weighted by molar-refractivity contribution is 6.14. The average molecular weight is 174 g/mol. The second-order valence-corrected chi connectivity index (χ2v) is 3.62. The molecule has 0 saturated carbocycles. The molecule has 13 heavy (non-hydrogen) atoms. The Bertz CT molecular complexity index is 289. The maximum Gasteiger partial charge on any atom is 0.0658 e. The summed E-state index contributed by atoms with van der Waals surface area (Å²) in [6.07, 6.45) is 9.34.